The Kier molecular flexibility index (Phi) is 2.11. The van der Waals surface area contributed by atoms with E-state index >= 15 is 0 Å². The lowest BCUT2D eigenvalue weighted by atomic mass is 10.0. The molecule has 2 N–H and O–H groups in total. The van der Waals surface area contributed by atoms with E-state index < -0.39 is 0 Å². The molecule has 2 aliphatic heterocycles. The van der Waals surface area contributed by atoms with E-state index in [0.717, 1.165) is 19.6 Å². The third kappa shape index (κ3) is 1.55. The van der Waals surface area contributed by atoms with Gasteiger partial charge in [-0.05, 0) is 19.4 Å². The van der Waals surface area contributed by atoms with Gasteiger partial charge in [-0.2, -0.15) is 0 Å². The summed E-state index contributed by atoms with van der Waals surface area (Å²) >= 11 is 0. The van der Waals surface area contributed by atoms with Gasteiger partial charge in [0.05, 0.1) is 6.10 Å². The highest BCUT2D eigenvalue weighted by Gasteiger charge is 2.31. The van der Waals surface area contributed by atoms with Crippen molar-refractivity contribution in [3.8, 4) is 0 Å². The van der Waals surface area contributed by atoms with Crippen molar-refractivity contribution in [3.63, 3.8) is 0 Å². The third-order valence-electron chi connectivity index (χ3n) is 2.68. The Morgan fingerprint density at radius 2 is 2.18 bits per heavy atom. The second-order valence-electron chi connectivity index (χ2n) is 3.61. The molecule has 64 valence electrons. The van der Waals surface area contributed by atoms with Crippen LogP contribution in [0, 0.1) is 0 Å². The standard InChI is InChI=1S/C8H16N2O/c11-8-5-10(6-8)7-2-1-3-9-4-7/h7-9,11H,1-6H2/t7-/m1/s1. The molecule has 0 amide bonds. The fourth-order valence-corrected chi connectivity index (χ4v) is 1.93. The first-order chi connectivity index (χ1) is 5.36. The van der Waals surface area contributed by atoms with Gasteiger partial charge in [0, 0.05) is 25.7 Å². The predicted molar refractivity (Wildman–Crippen MR) is 43.5 cm³/mol. The number of β-amino-alcohol motifs (C(OH)–C–C–N with tert-alkyl or cyclic N) is 1. The summed E-state index contributed by atoms with van der Waals surface area (Å²) in [6.07, 6.45) is 2.55. The van der Waals surface area contributed by atoms with Crippen LogP contribution in [0.2, 0.25) is 0 Å². The number of piperidine rings is 1. The van der Waals surface area contributed by atoms with Crippen molar-refractivity contribution < 1.29 is 5.11 Å². The number of likely N-dealkylation sites (tertiary alicyclic amines) is 1. The van der Waals surface area contributed by atoms with Crippen LogP contribution < -0.4 is 5.32 Å². The smallest absolute Gasteiger partial charge is 0.0794 e. The summed E-state index contributed by atoms with van der Waals surface area (Å²) < 4.78 is 0. The van der Waals surface area contributed by atoms with Crippen molar-refractivity contribution in [1.29, 1.82) is 0 Å². The van der Waals surface area contributed by atoms with Crippen molar-refractivity contribution in [2.24, 2.45) is 0 Å². The van der Waals surface area contributed by atoms with Gasteiger partial charge in [0.25, 0.3) is 0 Å². The Morgan fingerprint density at radius 3 is 2.73 bits per heavy atom. The quantitative estimate of drug-likeness (QED) is 0.533. The molecule has 2 aliphatic rings. The van der Waals surface area contributed by atoms with E-state index in [9.17, 15) is 0 Å². The van der Waals surface area contributed by atoms with Crippen LogP contribution in [0.3, 0.4) is 0 Å². The maximum Gasteiger partial charge on any atom is 0.0794 e. The third-order valence-corrected chi connectivity index (χ3v) is 2.68. The Labute approximate surface area is 67.4 Å². The molecule has 1 atom stereocenters. The second kappa shape index (κ2) is 3.09. The molecule has 2 rings (SSSR count). The Hall–Kier alpha value is -0.120. The van der Waals surface area contributed by atoms with Gasteiger partial charge >= 0.3 is 0 Å². The van der Waals surface area contributed by atoms with E-state index in [1.54, 1.807) is 0 Å². The summed E-state index contributed by atoms with van der Waals surface area (Å²) in [6.45, 7) is 4.08. The number of nitrogens with one attached hydrogen (secondary N) is 1. The maximum atomic E-state index is 9.09. The average molecular weight is 156 g/mol. The van der Waals surface area contributed by atoms with E-state index in [1.807, 2.05) is 0 Å². The van der Waals surface area contributed by atoms with Crippen LogP contribution in [0.15, 0.2) is 0 Å². The molecule has 0 bridgehead atoms. The van der Waals surface area contributed by atoms with Crippen LogP contribution in [0.4, 0.5) is 0 Å². The predicted octanol–water partition coefficient (Wildman–Crippen LogP) is -0.585. The molecule has 3 heteroatoms. The first-order valence-electron chi connectivity index (χ1n) is 4.49. The van der Waals surface area contributed by atoms with Gasteiger partial charge in [-0.25, -0.2) is 0 Å². The molecule has 0 aromatic heterocycles. The normalized spacial score (nSPS) is 35.2. The van der Waals surface area contributed by atoms with Gasteiger partial charge in [-0.15, -0.1) is 0 Å². The Balaban J connectivity index is 1.76. The van der Waals surface area contributed by atoms with Gasteiger partial charge in [-0.1, -0.05) is 0 Å². The molecule has 0 unspecified atom stereocenters. The van der Waals surface area contributed by atoms with Crippen molar-refractivity contribution in [1.82, 2.24) is 10.2 Å². The molecule has 0 saturated carbocycles. The van der Waals surface area contributed by atoms with Crippen LogP contribution in [-0.4, -0.2) is 48.3 Å². The van der Waals surface area contributed by atoms with Crippen LogP contribution in [0.5, 0.6) is 0 Å². The number of hydrogen-bond donors (Lipinski definition) is 2. The molecule has 0 aromatic carbocycles. The van der Waals surface area contributed by atoms with E-state index in [2.05, 4.69) is 10.2 Å². The topological polar surface area (TPSA) is 35.5 Å². The van der Waals surface area contributed by atoms with Gasteiger partial charge in [0.1, 0.15) is 0 Å². The zero-order valence-electron chi connectivity index (χ0n) is 6.79. The summed E-state index contributed by atoms with van der Waals surface area (Å²) in [7, 11) is 0. The highest BCUT2D eigenvalue weighted by Crippen LogP contribution is 2.17. The maximum absolute atomic E-state index is 9.09. The molecule has 11 heavy (non-hydrogen) atoms. The number of rotatable bonds is 1. The molecule has 2 fully saturated rings. The summed E-state index contributed by atoms with van der Waals surface area (Å²) in [6, 6.07) is 0.701. The van der Waals surface area contributed by atoms with Crippen LogP contribution >= 0.6 is 0 Å². The Morgan fingerprint density at radius 1 is 1.36 bits per heavy atom. The molecule has 0 aliphatic carbocycles. The lowest BCUT2D eigenvalue weighted by Gasteiger charge is -2.43. The van der Waals surface area contributed by atoms with Gasteiger partial charge in [0.2, 0.25) is 0 Å². The molecule has 3 nitrogen and oxygen atoms in total. The number of aliphatic hydroxyl groups excluding tert-OH is 1. The average Bonchev–Trinajstić information content (AvgIpc) is 2.01. The number of nitrogens with zero attached hydrogens (tertiary/aromatic N) is 1. The zero-order valence-corrected chi connectivity index (χ0v) is 6.79. The summed E-state index contributed by atoms with van der Waals surface area (Å²) in [5, 5.41) is 12.5. The molecular weight excluding hydrogens is 140 g/mol. The number of aliphatic hydroxyl groups is 1. The molecule has 0 aromatic rings. The van der Waals surface area contributed by atoms with Crippen LogP contribution in [0.1, 0.15) is 12.8 Å². The minimum atomic E-state index is -0.0445. The van der Waals surface area contributed by atoms with Crippen LogP contribution in [-0.2, 0) is 0 Å². The lowest BCUT2D eigenvalue weighted by molar-refractivity contribution is -0.0297. The fraction of sp³-hybridized carbons (Fsp3) is 1.00. The van der Waals surface area contributed by atoms with Gasteiger partial charge < -0.3 is 10.4 Å². The molecule has 2 heterocycles. The first-order valence-corrected chi connectivity index (χ1v) is 4.49. The van der Waals surface area contributed by atoms with Gasteiger partial charge in [0.15, 0.2) is 0 Å². The molecule has 0 radical (unpaired) electrons. The SMILES string of the molecule is OC1CN([C@@H]2CCCNC2)C1. The fourth-order valence-electron chi connectivity index (χ4n) is 1.93. The van der Waals surface area contributed by atoms with Crippen molar-refractivity contribution >= 4 is 0 Å². The highest BCUT2D eigenvalue weighted by atomic mass is 16.3. The lowest BCUT2D eigenvalue weighted by Crippen LogP contribution is -2.58. The molecule has 0 spiro atoms. The summed E-state index contributed by atoms with van der Waals surface area (Å²) in [5.74, 6) is 0. The second-order valence-corrected chi connectivity index (χ2v) is 3.61. The van der Waals surface area contributed by atoms with E-state index in [-0.39, 0.29) is 6.10 Å². The minimum absolute atomic E-state index is 0.0445. The molecular formula is C8H16N2O. The summed E-state index contributed by atoms with van der Waals surface area (Å²) in [4.78, 5) is 2.37. The monoisotopic (exact) mass is 156 g/mol. The largest absolute Gasteiger partial charge is 0.390 e. The van der Waals surface area contributed by atoms with E-state index in [4.69, 9.17) is 5.11 Å². The van der Waals surface area contributed by atoms with Crippen molar-refractivity contribution in [3.05, 3.63) is 0 Å². The first kappa shape index (κ1) is 7.53. The number of hydrogen-bond acceptors (Lipinski definition) is 3. The van der Waals surface area contributed by atoms with Crippen molar-refractivity contribution in [2.45, 2.75) is 25.0 Å². The molecule has 2 saturated heterocycles. The van der Waals surface area contributed by atoms with E-state index in [1.165, 1.54) is 19.4 Å². The van der Waals surface area contributed by atoms with Crippen molar-refractivity contribution in [2.75, 3.05) is 26.2 Å². The zero-order chi connectivity index (χ0) is 7.68. The summed E-state index contributed by atoms with van der Waals surface area (Å²) in [5.41, 5.74) is 0. The minimum Gasteiger partial charge on any atom is -0.390 e. The Bertz CT molecular complexity index is 128. The highest BCUT2D eigenvalue weighted by molar-refractivity contribution is 4.87. The van der Waals surface area contributed by atoms with Gasteiger partial charge in [-0.3, -0.25) is 4.90 Å². The van der Waals surface area contributed by atoms with Crippen LogP contribution in [0.25, 0.3) is 0 Å². The van der Waals surface area contributed by atoms with E-state index in [0.29, 0.717) is 6.04 Å².